The quantitative estimate of drug-likeness (QED) is 0.648. The largest absolute Gasteiger partial charge is 0.349 e. The molecule has 1 N–H and O–H groups in total. The molecule has 0 aliphatic carbocycles. The molecule has 1 aromatic rings. The van der Waals surface area contributed by atoms with Crippen molar-refractivity contribution in [3.63, 3.8) is 0 Å². The molecule has 0 aromatic carbocycles. The second kappa shape index (κ2) is 6.79. The molecule has 0 saturated carbocycles. The van der Waals surface area contributed by atoms with E-state index in [1.165, 1.54) is 0 Å². The van der Waals surface area contributed by atoms with Gasteiger partial charge in [-0.1, -0.05) is 15.9 Å². The van der Waals surface area contributed by atoms with E-state index >= 15 is 0 Å². The van der Waals surface area contributed by atoms with Gasteiger partial charge in [0.15, 0.2) is 0 Å². The third-order valence-corrected chi connectivity index (χ3v) is 3.47. The molecule has 1 amide bonds. The zero-order valence-corrected chi connectivity index (χ0v) is 12.2. The van der Waals surface area contributed by atoms with Gasteiger partial charge >= 0.3 is 0 Å². The van der Waals surface area contributed by atoms with Gasteiger partial charge in [-0.3, -0.25) is 9.48 Å². The average molecular weight is 302 g/mol. The molecule has 1 rings (SSSR count). The van der Waals surface area contributed by atoms with Crippen LogP contribution in [0.2, 0.25) is 0 Å². The van der Waals surface area contributed by atoms with Gasteiger partial charge in [0.1, 0.15) is 0 Å². The fraction of sp³-hybridized carbons (Fsp3) is 0.667. The molecule has 0 spiro atoms. The van der Waals surface area contributed by atoms with Gasteiger partial charge in [-0.2, -0.15) is 5.10 Å². The summed E-state index contributed by atoms with van der Waals surface area (Å²) in [5, 5.41) is 8.14. The smallest absolute Gasteiger partial charge is 0.220 e. The van der Waals surface area contributed by atoms with Crippen LogP contribution in [0.25, 0.3) is 0 Å². The van der Waals surface area contributed by atoms with E-state index in [1.807, 2.05) is 31.8 Å². The topological polar surface area (TPSA) is 46.9 Å². The second-order valence-corrected chi connectivity index (χ2v) is 5.04. The summed E-state index contributed by atoms with van der Waals surface area (Å²) in [6.45, 7) is 4.00. The van der Waals surface area contributed by atoms with Crippen LogP contribution in [0.1, 0.15) is 43.5 Å². The maximum absolute atomic E-state index is 11.7. The molecule has 5 heteroatoms. The normalized spacial score (nSPS) is 12.5. The van der Waals surface area contributed by atoms with Crippen LogP contribution in [-0.4, -0.2) is 21.0 Å². The van der Waals surface area contributed by atoms with Crippen molar-refractivity contribution in [2.24, 2.45) is 7.05 Å². The van der Waals surface area contributed by atoms with Crippen LogP contribution < -0.4 is 5.32 Å². The van der Waals surface area contributed by atoms with Gasteiger partial charge in [-0.05, 0) is 26.7 Å². The number of aromatic nitrogens is 2. The van der Waals surface area contributed by atoms with E-state index in [9.17, 15) is 4.79 Å². The first-order chi connectivity index (χ1) is 8.06. The Morgan fingerprint density at radius 2 is 2.29 bits per heavy atom. The minimum Gasteiger partial charge on any atom is -0.349 e. The summed E-state index contributed by atoms with van der Waals surface area (Å²) in [6, 6.07) is 0.0279. The number of hydrogen-bond acceptors (Lipinski definition) is 2. The van der Waals surface area contributed by atoms with E-state index in [4.69, 9.17) is 0 Å². The predicted molar refractivity (Wildman–Crippen MR) is 72.1 cm³/mol. The first-order valence-corrected chi connectivity index (χ1v) is 7.02. The van der Waals surface area contributed by atoms with Crippen LogP contribution in [0, 0.1) is 6.92 Å². The van der Waals surface area contributed by atoms with Gasteiger partial charge in [0, 0.05) is 30.1 Å². The van der Waals surface area contributed by atoms with Crippen molar-refractivity contribution in [3.8, 4) is 0 Å². The Kier molecular flexibility index (Phi) is 5.68. The van der Waals surface area contributed by atoms with Crippen molar-refractivity contribution in [2.45, 2.75) is 39.2 Å². The molecule has 17 heavy (non-hydrogen) atoms. The van der Waals surface area contributed by atoms with E-state index < -0.39 is 0 Å². The second-order valence-electron chi connectivity index (χ2n) is 4.24. The summed E-state index contributed by atoms with van der Waals surface area (Å²) >= 11 is 3.36. The molecular weight excluding hydrogens is 282 g/mol. The van der Waals surface area contributed by atoms with Crippen molar-refractivity contribution in [2.75, 3.05) is 5.33 Å². The van der Waals surface area contributed by atoms with E-state index in [-0.39, 0.29) is 11.9 Å². The summed E-state index contributed by atoms with van der Waals surface area (Å²) in [6.07, 6.45) is 4.37. The van der Waals surface area contributed by atoms with Crippen molar-refractivity contribution in [1.29, 1.82) is 0 Å². The van der Waals surface area contributed by atoms with Gasteiger partial charge in [0.05, 0.1) is 12.2 Å². The summed E-state index contributed by atoms with van der Waals surface area (Å²) in [5.41, 5.74) is 2.18. The average Bonchev–Trinajstić information content (AvgIpc) is 2.60. The van der Waals surface area contributed by atoms with Gasteiger partial charge < -0.3 is 5.32 Å². The maximum atomic E-state index is 11.7. The molecule has 4 nitrogen and oxygen atoms in total. The standard InChI is InChI=1S/C12H20BrN3O/c1-9(11-8-14-16(3)10(11)2)15-12(17)6-4-5-7-13/h8-9H,4-7H2,1-3H3,(H,15,17). The number of alkyl halides is 1. The molecule has 0 fully saturated rings. The Hall–Kier alpha value is -0.840. The van der Waals surface area contributed by atoms with Crippen LogP contribution in [0.3, 0.4) is 0 Å². The van der Waals surface area contributed by atoms with Crippen LogP contribution in [0.4, 0.5) is 0 Å². The van der Waals surface area contributed by atoms with E-state index in [0.29, 0.717) is 6.42 Å². The van der Waals surface area contributed by atoms with Crippen LogP contribution in [0.5, 0.6) is 0 Å². The molecule has 1 aromatic heterocycles. The lowest BCUT2D eigenvalue weighted by Crippen LogP contribution is -2.26. The molecule has 1 heterocycles. The number of rotatable bonds is 6. The summed E-state index contributed by atoms with van der Waals surface area (Å²) in [7, 11) is 1.91. The molecular formula is C12H20BrN3O. The molecule has 0 aliphatic rings. The highest BCUT2D eigenvalue weighted by Crippen LogP contribution is 2.16. The van der Waals surface area contributed by atoms with E-state index in [1.54, 1.807) is 0 Å². The number of amides is 1. The number of aryl methyl sites for hydroxylation is 1. The number of nitrogens with one attached hydrogen (secondary N) is 1. The van der Waals surface area contributed by atoms with Crippen LogP contribution in [0.15, 0.2) is 6.20 Å². The fourth-order valence-corrected chi connectivity index (χ4v) is 2.11. The Bertz CT molecular complexity index is 376. The third-order valence-electron chi connectivity index (χ3n) is 2.90. The van der Waals surface area contributed by atoms with E-state index in [0.717, 1.165) is 29.4 Å². The summed E-state index contributed by atoms with van der Waals surface area (Å²) in [5.74, 6) is 0.113. The van der Waals surface area contributed by atoms with Crippen LogP contribution >= 0.6 is 15.9 Å². The number of carbonyl (C=O) groups excluding carboxylic acids is 1. The number of halogens is 1. The SMILES string of the molecule is Cc1c(C(C)NC(=O)CCCCBr)cnn1C. The molecule has 1 unspecified atom stereocenters. The lowest BCUT2D eigenvalue weighted by atomic mass is 10.1. The van der Waals surface area contributed by atoms with Crippen molar-refractivity contribution < 1.29 is 4.79 Å². The lowest BCUT2D eigenvalue weighted by Gasteiger charge is -2.13. The highest BCUT2D eigenvalue weighted by molar-refractivity contribution is 9.09. The predicted octanol–water partition coefficient (Wildman–Crippen LogP) is 2.47. The highest BCUT2D eigenvalue weighted by atomic mass is 79.9. The number of hydrogen-bond donors (Lipinski definition) is 1. The summed E-state index contributed by atoms with van der Waals surface area (Å²) < 4.78 is 1.82. The molecule has 0 aliphatic heterocycles. The molecule has 0 saturated heterocycles. The maximum Gasteiger partial charge on any atom is 0.220 e. The van der Waals surface area contributed by atoms with E-state index in [2.05, 4.69) is 26.3 Å². The molecule has 0 bridgehead atoms. The number of unbranched alkanes of at least 4 members (excludes halogenated alkanes) is 1. The van der Waals surface area contributed by atoms with Crippen molar-refractivity contribution in [3.05, 3.63) is 17.5 Å². The lowest BCUT2D eigenvalue weighted by molar-refractivity contribution is -0.121. The molecule has 1 atom stereocenters. The minimum absolute atomic E-state index is 0.0279. The van der Waals surface area contributed by atoms with Gasteiger partial charge in [0.2, 0.25) is 5.91 Å². The highest BCUT2D eigenvalue weighted by Gasteiger charge is 2.13. The Balaban J connectivity index is 2.46. The molecule has 0 radical (unpaired) electrons. The zero-order chi connectivity index (χ0) is 12.8. The monoisotopic (exact) mass is 301 g/mol. The number of carbonyl (C=O) groups is 1. The third kappa shape index (κ3) is 4.15. The van der Waals surface area contributed by atoms with Crippen LogP contribution in [-0.2, 0) is 11.8 Å². The molecule has 96 valence electrons. The first-order valence-electron chi connectivity index (χ1n) is 5.90. The Morgan fingerprint density at radius 3 is 2.82 bits per heavy atom. The van der Waals surface area contributed by atoms with Gasteiger partial charge in [0.25, 0.3) is 0 Å². The number of nitrogens with zero attached hydrogens (tertiary/aromatic N) is 2. The first kappa shape index (κ1) is 14.2. The van der Waals surface area contributed by atoms with Gasteiger partial charge in [-0.15, -0.1) is 0 Å². The van der Waals surface area contributed by atoms with Crippen molar-refractivity contribution in [1.82, 2.24) is 15.1 Å². The fourth-order valence-electron chi connectivity index (χ4n) is 1.71. The Labute approximate surface area is 111 Å². The minimum atomic E-state index is 0.0279. The zero-order valence-electron chi connectivity index (χ0n) is 10.7. The van der Waals surface area contributed by atoms with Gasteiger partial charge in [-0.25, -0.2) is 0 Å². The summed E-state index contributed by atoms with van der Waals surface area (Å²) in [4.78, 5) is 11.7. The Morgan fingerprint density at radius 1 is 1.59 bits per heavy atom. The van der Waals surface area contributed by atoms with Crippen molar-refractivity contribution >= 4 is 21.8 Å².